The molecule has 0 saturated heterocycles. The van der Waals surface area contributed by atoms with Crippen LogP contribution in [-0.4, -0.2) is 21.8 Å². The van der Waals surface area contributed by atoms with Gasteiger partial charge in [0.05, 0.1) is 10.8 Å². The average molecular weight is 303 g/mol. The molecule has 1 heterocycles. The second-order valence-corrected chi connectivity index (χ2v) is 6.07. The summed E-state index contributed by atoms with van der Waals surface area (Å²) in [6.07, 6.45) is 6.51. The van der Waals surface area contributed by atoms with Gasteiger partial charge in [0, 0.05) is 28.6 Å². The first-order valence-electron chi connectivity index (χ1n) is 6.53. The summed E-state index contributed by atoms with van der Waals surface area (Å²) in [6.45, 7) is 5.61. The molecule has 0 N–H and O–H groups in total. The van der Waals surface area contributed by atoms with Gasteiger partial charge >= 0.3 is 6.09 Å². The fourth-order valence-corrected chi connectivity index (χ4v) is 2.93. The number of allylic oxidation sites excluding steroid dienone is 2. The van der Waals surface area contributed by atoms with Crippen molar-refractivity contribution in [2.24, 2.45) is 0 Å². The first-order chi connectivity index (χ1) is 10.1. The molecule has 0 fully saturated rings. The molecule has 110 valence electrons. The Morgan fingerprint density at radius 3 is 2.81 bits per heavy atom. The summed E-state index contributed by atoms with van der Waals surface area (Å²) < 4.78 is 17.5. The summed E-state index contributed by atoms with van der Waals surface area (Å²) >= 11 is 0. The maximum absolute atomic E-state index is 12.5. The first-order valence-corrected chi connectivity index (χ1v) is 7.68. The Kier molecular flexibility index (Phi) is 5.11. The zero-order chi connectivity index (χ0) is 15.2. The van der Waals surface area contributed by atoms with E-state index >= 15 is 0 Å². The molecular weight excluding hydrogens is 286 g/mol. The molecule has 0 spiro atoms. The lowest BCUT2D eigenvalue weighted by atomic mass is 10.2. The normalized spacial score (nSPS) is 15.3. The summed E-state index contributed by atoms with van der Waals surface area (Å²) in [7, 11) is -1.28. The molecule has 1 aromatic carbocycles. The standard InChI is InChI=1S/C16H17NO3S/c1-3-11-20-16(18)17-10-4-5-15(12-17)21(19)14-8-6-13(2)7-9-14/h3-4,6-10,12H,1,5,11H2,2H3. The Bertz CT molecular complexity index is 617. The highest BCUT2D eigenvalue weighted by atomic mass is 32.2. The average Bonchev–Trinajstić information content (AvgIpc) is 2.52. The zero-order valence-corrected chi connectivity index (χ0v) is 12.6. The van der Waals surface area contributed by atoms with E-state index in [0.717, 1.165) is 10.5 Å². The molecule has 1 aliphatic heterocycles. The van der Waals surface area contributed by atoms with Crippen molar-refractivity contribution in [2.45, 2.75) is 18.2 Å². The Hall–Kier alpha value is -2.14. The molecule has 4 nitrogen and oxygen atoms in total. The summed E-state index contributed by atoms with van der Waals surface area (Å²) in [5.74, 6) is 0. The van der Waals surface area contributed by atoms with Gasteiger partial charge in [-0.2, -0.15) is 0 Å². The van der Waals surface area contributed by atoms with Crippen LogP contribution in [0.2, 0.25) is 0 Å². The Balaban J connectivity index is 2.13. The minimum absolute atomic E-state index is 0.146. The lowest BCUT2D eigenvalue weighted by Crippen LogP contribution is -2.24. The van der Waals surface area contributed by atoms with Crippen LogP contribution in [0.3, 0.4) is 0 Å². The predicted molar refractivity (Wildman–Crippen MR) is 82.8 cm³/mol. The highest BCUT2D eigenvalue weighted by Crippen LogP contribution is 2.22. The van der Waals surface area contributed by atoms with Crippen LogP contribution >= 0.6 is 0 Å². The van der Waals surface area contributed by atoms with Crippen molar-refractivity contribution in [1.82, 2.24) is 4.90 Å². The molecule has 1 aliphatic rings. The van der Waals surface area contributed by atoms with E-state index in [1.165, 1.54) is 11.0 Å². The number of aryl methyl sites for hydroxylation is 1. The number of carbonyl (C=O) groups is 1. The van der Waals surface area contributed by atoms with Gasteiger partial charge < -0.3 is 4.74 Å². The molecule has 1 unspecified atom stereocenters. The Labute approximate surface area is 126 Å². The van der Waals surface area contributed by atoms with Gasteiger partial charge in [-0.15, -0.1) is 0 Å². The monoisotopic (exact) mass is 303 g/mol. The van der Waals surface area contributed by atoms with E-state index in [1.807, 2.05) is 31.2 Å². The predicted octanol–water partition coefficient (Wildman–Crippen LogP) is 3.49. The lowest BCUT2D eigenvalue weighted by Gasteiger charge is -2.18. The van der Waals surface area contributed by atoms with Crippen LogP contribution in [-0.2, 0) is 15.5 Å². The molecule has 1 atom stereocenters. The zero-order valence-electron chi connectivity index (χ0n) is 11.8. The van der Waals surface area contributed by atoms with Gasteiger partial charge in [0.25, 0.3) is 0 Å². The number of amides is 1. The lowest BCUT2D eigenvalue weighted by molar-refractivity contribution is 0.139. The van der Waals surface area contributed by atoms with Crippen molar-refractivity contribution in [3.05, 3.63) is 65.9 Å². The van der Waals surface area contributed by atoms with Crippen molar-refractivity contribution in [2.75, 3.05) is 6.61 Å². The van der Waals surface area contributed by atoms with Gasteiger partial charge in [0.1, 0.15) is 6.61 Å². The highest BCUT2D eigenvalue weighted by molar-refractivity contribution is 7.89. The largest absolute Gasteiger partial charge is 0.445 e. The second kappa shape index (κ2) is 7.04. The molecular formula is C16H17NO3S. The summed E-state index contributed by atoms with van der Waals surface area (Å²) in [5.41, 5.74) is 1.11. The van der Waals surface area contributed by atoms with E-state index in [0.29, 0.717) is 11.3 Å². The SMILES string of the molecule is C=CCOC(=O)N1C=CCC(S(=O)c2ccc(C)cc2)=C1. The van der Waals surface area contributed by atoms with Crippen molar-refractivity contribution in [1.29, 1.82) is 0 Å². The fraction of sp³-hybridized carbons (Fsp3) is 0.188. The van der Waals surface area contributed by atoms with Crippen molar-refractivity contribution < 1.29 is 13.7 Å². The van der Waals surface area contributed by atoms with Crippen LogP contribution in [0.25, 0.3) is 0 Å². The quantitative estimate of drug-likeness (QED) is 0.800. The first kappa shape index (κ1) is 15.3. The second-order valence-electron chi connectivity index (χ2n) is 4.54. The third-order valence-corrected chi connectivity index (χ3v) is 4.33. The number of hydrogen-bond donors (Lipinski definition) is 0. The molecule has 0 aromatic heterocycles. The third-order valence-electron chi connectivity index (χ3n) is 2.88. The van der Waals surface area contributed by atoms with E-state index < -0.39 is 16.9 Å². The highest BCUT2D eigenvalue weighted by Gasteiger charge is 2.18. The van der Waals surface area contributed by atoms with Crippen LogP contribution < -0.4 is 0 Å². The van der Waals surface area contributed by atoms with Crippen LogP contribution in [0, 0.1) is 6.92 Å². The minimum Gasteiger partial charge on any atom is -0.445 e. The van der Waals surface area contributed by atoms with E-state index in [4.69, 9.17) is 4.74 Å². The molecule has 1 amide bonds. The molecule has 0 radical (unpaired) electrons. The van der Waals surface area contributed by atoms with Gasteiger partial charge in [0.15, 0.2) is 0 Å². The summed E-state index contributed by atoms with van der Waals surface area (Å²) in [5, 5.41) is 0. The molecule has 0 saturated carbocycles. The van der Waals surface area contributed by atoms with E-state index in [2.05, 4.69) is 6.58 Å². The van der Waals surface area contributed by atoms with Crippen LogP contribution in [0.5, 0.6) is 0 Å². The van der Waals surface area contributed by atoms with Gasteiger partial charge in [0.2, 0.25) is 0 Å². The molecule has 0 aliphatic carbocycles. The number of benzene rings is 1. The fourth-order valence-electron chi connectivity index (χ4n) is 1.79. The van der Waals surface area contributed by atoms with E-state index in [9.17, 15) is 9.00 Å². The van der Waals surface area contributed by atoms with Crippen molar-refractivity contribution in [3.8, 4) is 0 Å². The number of carbonyl (C=O) groups excluding carboxylic acids is 1. The Morgan fingerprint density at radius 2 is 2.14 bits per heavy atom. The van der Waals surface area contributed by atoms with E-state index in [-0.39, 0.29) is 6.61 Å². The molecule has 5 heteroatoms. The van der Waals surface area contributed by atoms with Gasteiger partial charge in [-0.3, -0.25) is 4.90 Å². The van der Waals surface area contributed by atoms with E-state index in [1.54, 1.807) is 18.5 Å². The molecule has 0 bridgehead atoms. The van der Waals surface area contributed by atoms with Crippen LogP contribution in [0.4, 0.5) is 4.79 Å². The maximum Gasteiger partial charge on any atom is 0.418 e. The third kappa shape index (κ3) is 3.92. The van der Waals surface area contributed by atoms with Crippen LogP contribution in [0.15, 0.2) is 65.2 Å². The Morgan fingerprint density at radius 1 is 1.43 bits per heavy atom. The van der Waals surface area contributed by atoms with Gasteiger partial charge in [-0.05, 0) is 19.1 Å². The smallest absolute Gasteiger partial charge is 0.418 e. The summed E-state index contributed by atoms with van der Waals surface area (Å²) in [4.78, 5) is 14.5. The number of hydrogen-bond acceptors (Lipinski definition) is 3. The molecule has 21 heavy (non-hydrogen) atoms. The minimum atomic E-state index is -1.28. The van der Waals surface area contributed by atoms with Crippen LogP contribution in [0.1, 0.15) is 12.0 Å². The van der Waals surface area contributed by atoms with Crippen molar-refractivity contribution in [3.63, 3.8) is 0 Å². The number of rotatable bonds is 4. The van der Waals surface area contributed by atoms with Crippen molar-refractivity contribution >= 4 is 16.9 Å². The topological polar surface area (TPSA) is 46.6 Å². The van der Waals surface area contributed by atoms with Gasteiger partial charge in [-0.25, -0.2) is 9.00 Å². The molecule has 1 aromatic rings. The summed E-state index contributed by atoms with van der Waals surface area (Å²) in [6, 6.07) is 7.51. The maximum atomic E-state index is 12.5. The van der Waals surface area contributed by atoms with Gasteiger partial charge in [-0.1, -0.05) is 36.4 Å². The number of nitrogens with zero attached hydrogens (tertiary/aromatic N) is 1. The number of ether oxygens (including phenoxy) is 1. The molecule has 2 rings (SSSR count).